The van der Waals surface area contributed by atoms with Crippen LogP contribution in [0.25, 0.3) is 0 Å². The molecule has 0 aliphatic carbocycles. The Bertz CT molecular complexity index is 358. The van der Waals surface area contributed by atoms with Gasteiger partial charge in [0.05, 0.1) is 6.61 Å². The van der Waals surface area contributed by atoms with Gasteiger partial charge < -0.3 is 9.84 Å². The molecule has 0 aromatic heterocycles. The highest BCUT2D eigenvalue weighted by atomic mass is 16.5. The van der Waals surface area contributed by atoms with Gasteiger partial charge in [-0.3, -0.25) is 0 Å². The van der Waals surface area contributed by atoms with Crippen molar-refractivity contribution in [1.82, 2.24) is 0 Å². The van der Waals surface area contributed by atoms with E-state index in [4.69, 9.17) is 4.74 Å². The number of aliphatic hydroxyl groups is 1. The zero-order valence-electron chi connectivity index (χ0n) is 10.9. The first-order chi connectivity index (χ1) is 7.41. The summed E-state index contributed by atoms with van der Waals surface area (Å²) in [5.41, 5.74) is 2.40. The highest BCUT2D eigenvalue weighted by molar-refractivity contribution is 5.35. The lowest BCUT2D eigenvalue weighted by atomic mass is 9.81. The van der Waals surface area contributed by atoms with Gasteiger partial charge in [-0.1, -0.05) is 37.6 Å². The molecule has 0 spiro atoms. The van der Waals surface area contributed by atoms with Crippen LogP contribution in [-0.2, 0) is 10.3 Å². The van der Waals surface area contributed by atoms with Gasteiger partial charge in [0.1, 0.15) is 5.60 Å². The molecule has 16 heavy (non-hydrogen) atoms. The van der Waals surface area contributed by atoms with Crippen LogP contribution in [0.4, 0.5) is 0 Å². The Hall–Kier alpha value is -0.860. The fraction of sp³-hybridized carbons (Fsp3) is 0.571. The Balaban J connectivity index is 3.21. The van der Waals surface area contributed by atoms with Crippen LogP contribution < -0.4 is 0 Å². The maximum Gasteiger partial charge on any atom is 0.115 e. The topological polar surface area (TPSA) is 29.5 Å². The van der Waals surface area contributed by atoms with Gasteiger partial charge in [0.2, 0.25) is 0 Å². The number of aryl methyl sites for hydroxylation is 2. The maximum absolute atomic E-state index is 10.7. The van der Waals surface area contributed by atoms with Gasteiger partial charge in [0, 0.05) is 7.11 Å². The molecular formula is C14H22O2. The molecule has 1 rings (SSSR count). The summed E-state index contributed by atoms with van der Waals surface area (Å²) in [7, 11) is 1.62. The minimum Gasteiger partial charge on any atom is -0.382 e. The monoisotopic (exact) mass is 222 g/mol. The Morgan fingerprint density at radius 3 is 2.38 bits per heavy atom. The summed E-state index contributed by atoms with van der Waals surface area (Å²) in [4.78, 5) is 0. The number of hydrogen-bond acceptors (Lipinski definition) is 2. The van der Waals surface area contributed by atoms with Crippen molar-refractivity contribution in [2.75, 3.05) is 13.7 Å². The van der Waals surface area contributed by atoms with Crippen LogP contribution in [-0.4, -0.2) is 18.8 Å². The van der Waals surface area contributed by atoms with Crippen LogP contribution in [0.1, 0.15) is 30.5 Å². The molecule has 2 heteroatoms. The highest BCUT2D eigenvalue weighted by Gasteiger charge is 2.34. The molecule has 0 aliphatic rings. The average Bonchev–Trinajstić information content (AvgIpc) is 2.17. The molecular weight excluding hydrogens is 200 g/mol. The largest absolute Gasteiger partial charge is 0.382 e. The minimum absolute atomic E-state index is 0.119. The predicted octanol–water partition coefficient (Wildman–Crippen LogP) is 2.79. The first kappa shape index (κ1) is 13.2. The van der Waals surface area contributed by atoms with E-state index in [0.717, 1.165) is 11.1 Å². The Labute approximate surface area is 98.3 Å². The van der Waals surface area contributed by atoms with Gasteiger partial charge in [-0.2, -0.15) is 0 Å². The third-order valence-electron chi connectivity index (χ3n) is 3.17. The van der Waals surface area contributed by atoms with Crippen molar-refractivity contribution in [3.05, 3.63) is 34.9 Å². The maximum atomic E-state index is 10.7. The Kier molecular flexibility index (Phi) is 4.11. The average molecular weight is 222 g/mol. The van der Waals surface area contributed by atoms with E-state index in [0.29, 0.717) is 6.61 Å². The smallest absolute Gasteiger partial charge is 0.115 e. The van der Waals surface area contributed by atoms with Crippen molar-refractivity contribution in [2.24, 2.45) is 5.92 Å². The van der Waals surface area contributed by atoms with Gasteiger partial charge in [-0.05, 0) is 30.9 Å². The molecule has 0 bridgehead atoms. The summed E-state index contributed by atoms with van der Waals surface area (Å²) >= 11 is 0. The molecule has 1 aromatic rings. The summed E-state index contributed by atoms with van der Waals surface area (Å²) in [6.07, 6.45) is 0. The van der Waals surface area contributed by atoms with Crippen LogP contribution in [0.3, 0.4) is 0 Å². The van der Waals surface area contributed by atoms with Crippen LogP contribution in [0.5, 0.6) is 0 Å². The molecule has 2 nitrogen and oxygen atoms in total. The minimum atomic E-state index is -0.896. The van der Waals surface area contributed by atoms with E-state index in [1.807, 2.05) is 32.9 Å². The van der Waals surface area contributed by atoms with Crippen LogP contribution in [0, 0.1) is 19.8 Å². The molecule has 0 saturated heterocycles. The Morgan fingerprint density at radius 2 is 1.94 bits per heavy atom. The number of hydrogen-bond donors (Lipinski definition) is 1. The first-order valence-corrected chi connectivity index (χ1v) is 5.71. The summed E-state index contributed by atoms with van der Waals surface area (Å²) in [6.45, 7) is 8.44. The van der Waals surface area contributed by atoms with E-state index >= 15 is 0 Å². The lowest BCUT2D eigenvalue weighted by Gasteiger charge is -2.33. The van der Waals surface area contributed by atoms with Gasteiger partial charge in [-0.15, -0.1) is 0 Å². The van der Waals surface area contributed by atoms with E-state index in [1.54, 1.807) is 7.11 Å². The number of methoxy groups -OCH3 is 1. The second-order valence-electron chi connectivity index (χ2n) is 4.83. The quantitative estimate of drug-likeness (QED) is 0.849. The molecule has 0 amide bonds. The summed E-state index contributed by atoms with van der Waals surface area (Å²) in [5, 5.41) is 10.7. The van der Waals surface area contributed by atoms with Gasteiger partial charge >= 0.3 is 0 Å². The Morgan fingerprint density at radius 1 is 1.31 bits per heavy atom. The van der Waals surface area contributed by atoms with Crippen molar-refractivity contribution in [2.45, 2.75) is 33.3 Å². The van der Waals surface area contributed by atoms with Gasteiger partial charge in [-0.25, -0.2) is 0 Å². The lowest BCUT2D eigenvalue weighted by Crippen LogP contribution is -2.37. The second kappa shape index (κ2) is 4.98. The summed E-state index contributed by atoms with van der Waals surface area (Å²) in [6, 6.07) is 6.13. The SMILES string of the molecule is COCC(O)(c1ccc(C)cc1C)C(C)C. The normalized spacial score (nSPS) is 15.2. The van der Waals surface area contributed by atoms with E-state index in [9.17, 15) is 5.11 Å². The van der Waals surface area contributed by atoms with E-state index in [-0.39, 0.29) is 5.92 Å². The molecule has 0 saturated carbocycles. The molecule has 1 N–H and O–H groups in total. The molecule has 0 fully saturated rings. The third kappa shape index (κ3) is 2.45. The van der Waals surface area contributed by atoms with E-state index < -0.39 is 5.60 Å². The first-order valence-electron chi connectivity index (χ1n) is 5.71. The van der Waals surface area contributed by atoms with E-state index in [2.05, 4.69) is 13.0 Å². The second-order valence-corrected chi connectivity index (χ2v) is 4.83. The fourth-order valence-electron chi connectivity index (χ4n) is 2.07. The van der Waals surface area contributed by atoms with Crippen LogP contribution in [0.2, 0.25) is 0 Å². The molecule has 1 unspecified atom stereocenters. The third-order valence-corrected chi connectivity index (χ3v) is 3.17. The molecule has 90 valence electrons. The standard InChI is InChI=1S/C14H22O2/c1-10(2)14(15,9-16-5)13-7-6-11(3)8-12(13)4/h6-8,10,15H,9H2,1-5H3. The van der Waals surface area contributed by atoms with Crippen molar-refractivity contribution >= 4 is 0 Å². The van der Waals surface area contributed by atoms with Gasteiger partial charge in [0.15, 0.2) is 0 Å². The lowest BCUT2D eigenvalue weighted by molar-refractivity contribution is -0.0704. The van der Waals surface area contributed by atoms with Crippen LogP contribution >= 0.6 is 0 Å². The molecule has 0 radical (unpaired) electrons. The van der Waals surface area contributed by atoms with Gasteiger partial charge in [0.25, 0.3) is 0 Å². The molecule has 1 aromatic carbocycles. The number of ether oxygens (including phenoxy) is 1. The van der Waals surface area contributed by atoms with Crippen molar-refractivity contribution < 1.29 is 9.84 Å². The zero-order chi connectivity index (χ0) is 12.3. The van der Waals surface area contributed by atoms with Crippen LogP contribution in [0.15, 0.2) is 18.2 Å². The molecule has 0 heterocycles. The predicted molar refractivity (Wildman–Crippen MR) is 66.5 cm³/mol. The fourth-order valence-corrected chi connectivity index (χ4v) is 2.07. The van der Waals surface area contributed by atoms with Crippen molar-refractivity contribution in [3.8, 4) is 0 Å². The van der Waals surface area contributed by atoms with E-state index in [1.165, 1.54) is 5.56 Å². The zero-order valence-corrected chi connectivity index (χ0v) is 10.9. The number of benzene rings is 1. The molecule has 0 aliphatic heterocycles. The van der Waals surface area contributed by atoms with Crippen molar-refractivity contribution in [3.63, 3.8) is 0 Å². The highest BCUT2D eigenvalue weighted by Crippen LogP contribution is 2.32. The number of rotatable bonds is 4. The summed E-state index contributed by atoms with van der Waals surface area (Å²) in [5.74, 6) is 0.119. The summed E-state index contributed by atoms with van der Waals surface area (Å²) < 4.78 is 5.16. The molecule has 1 atom stereocenters. The van der Waals surface area contributed by atoms with Crippen molar-refractivity contribution in [1.29, 1.82) is 0 Å².